The molecule has 0 unspecified atom stereocenters. The maximum Gasteiger partial charge on any atom is 0.343 e. The zero-order valence-corrected chi connectivity index (χ0v) is 40.3. The van der Waals surface area contributed by atoms with E-state index in [0.29, 0.717) is 72.9 Å². The molecule has 1 amide bonds. The van der Waals surface area contributed by atoms with Gasteiger partial charge in [-0.2, -0.15) is 0 Å². The average molecular weight is 918 g/mol. The van der Waals surface area contributed by atoms with Crippen LogP contribution in [-0.4, -0.2) is 61.1 Å². The predicted molar refractivity (Wildman–Crippen MR) is 265 cm³/mol. The second kappa shape index (κ2) is 30.6. The molecule has 0 atom stereocenters. The molecule has 67 heavy (non-hydrogen) atoms. The lowest BCUT2D eigenvalue weighted by atomic mass is 10.1. The van der Waals surface area contributed by atoms with Crippen molar-refractivity contribution in [2.24, 2.45) is 0 Å². The van der Waals surface area contributed by atoms with Gasteiger partial charge in [0.2, 0.25) is 0 Å². The minimum Gasteiger partial charge on any atom is -0.494 e. The van der Waals surface area contributed by atoms with Crippen LogP contribution in [0.3, 0.4) is 0 Å². The van der Waals surface area contributed by atoms with Crippen molar-refractivity contribution in [3.05, 3.63) is 119 Å². The van der Waals surface area contributed by atoms with Crippen molar-refractivity contribution in [3.63, 3.8) is 0 Å². The van der Waals surface area contributed by atoms with Gasteiger partial charge in [0.15, 0.2) is 0 Å². The van der Waals surface area contributed by atoms with Crippen molar-refractivity contribution in [2.45, 2.75) is 161 Å². The van der Waals surface area contributed by atoms with Gasteiger partial charge in [-0.3, -0.25) is 4.79 Å². The Bertz CT molecular complexity index is 2020. The zero-order chi connectivity index (χ0) is 47.3. The molecule has 362 valence electrons. The first-order chi connectivity index (χ1) is 32.8. The Labute approximate surface area is 400 Å². The van der Waals surface area contributed by atoms with Crippen LogP contribution >= 0.6 is 0 Å². The third-order valence-electron chi connectivity index (χ3n) is 12.3. The number of nitrogens with zero attached hydrogens (tertiary/aromatic N) is 1. The molecule has 10 heteroatoms. The molecule has 5 rings (SSSR count). The number of rotatable bonds is 31. The van der Waals surface area contributed by atoms with Gasteiger partial charge >= 0.3 is 17.9 Å². The molecule has 0 spiro atoms. The lowest BCUT2D eigenvalue weighted by Crippen LogP contribution is -2.41. The van der Waals surface area contributed by atoms with Crippen LogP contribution in [0.15, 0.2) is 97.1 Å². The van der Waals surface area contributed by atoms with Crippen molar-refractivity contribution in [2.75, 3.05) is 26.3 Å². The Kier molecular flexibility index (Phi) is 23.9. The summed E-state index contributed by atoms with van der Waals surface area (Å²) in [5.41, 5.74) is 1.62. The van der Waals surface area contributed by atoms with Crippen LogP contribution in [0, 0.1) is 0 Å². The third-order valence-corrected chi connectivity index (χ3v) is 12.3. The molecule has 0 bridgehead atoms. The quantitative estimate of drug-likeness (QED) is 0.0276. The van der Waals surface area contributed by atoms with Crippen LogP contribution in [0.5, 0.6) is 23.0 Å². The van der Waals surface area contributed by atoms with Gasteiger partial charge in [-0.05, 0) is 110 Å². The van der Waals surface area contributed by atoms with Gasteiger partial charge in [0.25, 0.3) is 5.91 Å². The van der Waals surface area contributed by atoms with Crippen molar-refractivity contribution < 1.29 is 42.9 Å². The Morgan fingerprint density at radius 3 is 1.09 bits per heavy atom. The molecular formula is C57H75NO9. The van der Waals surface area contributed by atoms with Crippen molar-refractivity contribution in [1.82, 2.24) is 4.90 Å². The third kappa shape index (κ3) is 19.6. The molecule has 1 saturated heterocycles. The number of amides is 1. The molecule has 0 radical (unpaired) electrons. The first-order valence-corrected chi connectivity index (χ1v) is 25.4. The molecule has 10 nitrogen and oxygen atoms in total. The number of unbranched alkanes of at least 4 members (excludes halogenated alkanes) is 18. The van der Waals surface area contributed by atoms with Gasteiger partial charge in [0.05, 0.1) is 29.9 Å². The number of esters is 3. The van der Waals surface area contributed by atoms with Gasteiger partial charge < -0.3 is 28.6 Å². The van der Waals surface area contributed by atoms with E-state index in [1.165, 1.54) is 103 Å². The summed E-state index contributed by atoms with van der Waals surface area (Å²) in [5, 5.41) is 0. The average Bonchev–Trinajstić information content (AvgIpc) is 3.35. The normalized spacial score (nSPS) is 12.7. The van der Waals surface area contributed by atoms with Crippen LogP contribution in [0.4, 0.5) is 0 Å². The topological polar surface area (TPSA) is 118 Å². The van der Waals surface area contributed by atoms with Gasteiger partial charge in [-0.25, -0.2) is 14.4 Å². The van der Waals surface area contributed by atoms with Crippen molar-refractivity contribution in [1.29, 1.82) is 0 Å². The van der Waals surface area contributed by atoms with E-state index >= 15 is 0 Å². The molecule has 0 N–H and O–H groups in total. The van der Waals surface area contributed by atoms with Crippen LogP contribution in [0.1, 0.15) is 197 Å². The Morgan fingerprint density at radius 2 is 0.716 bits per heavy atom. The number of carbonyl (C=O) groups is 4. The molecule has 1 heterocycles. The molecule has 1 aliphatic rings. The van der Waals surface area contributed by atoms with Crippen LogP contribution < -0.4 is 18.9 Å². The summed E-state index contributed by atoms with van der Waals surface area (Å²) in [4.78, 5) is 53.7. The van der Waals surface area contributed by atoms with Crippen molar-refractivity contribution >= 4 is 23.8 Å². The Morgan fingerprint density at radius 1 is 0.403 bits per heavy atom. The summed E-state index contributed by atoms with van der Waals surface area (Å²) in [5.74, 6) is 0.466. The number of ether oxygens (including phenoxy) is 5. The molecule has 4 aromatic rings. The highest BCUT2D eigenvalue weighted by Crippen LogP contribution is 2.23. The summed E-state index contributed by atoms with van der Waals surface area (Å²) >= 11 is 0. The first kappa shape index (κ1) is 52.3. The maximum absolute atomic E-state index is 13.3. The highest BCUT2D eigenvalue weighted by atomic mass is 16.5. The van der Waals surface area contributed by atoms with Gasteiger partial charge in [0, 0.05) is 31.5 Å². The van der Waals surface area contributed by atoms with E-state index in [9.17, 15) is 19.2 Å². The second-order valence-corrected chi connectivity index (χ2v) is 17.8. The minimum absolute atomic E-state index is 0.148. The van der Waals surface area contributed by atoms with E-state index in [1.807, 2.05) is 0 Å². The summed E-state index contributed by atoms with van der Waals surface area (Å²) in [6.07, 6.45) is 26.1. The molecule has 4 aromatic carbocycles. The van der Waals surface area contributed by atoms with Crippen LogP contribution in [-0.2, 0) is 4.74 Å². The van der Waals surface area contributed by atoms with E-state index in [4.69, 9.17) is 23.7 Å². The smallest absolute Gasteiger partial charge is 0.343 e. The maximum atomic E-state index is 13.3. The Balaban J connectivity index is 0.931. The number of benzene rings is 4. The van der Waals surface area contributed by atoms with Crippen LogP contribution in [0.25, 0.3) is 0 Å². The summed E-state index contributed by atoms with van der Waals surface area (Å²) in [7, 11) is 0. The number of hydrogen-bond acceptors (Lipinski definition) is 9. The van der Waals surface area contributed by atoms with E-state index in [-0.39, 0.29) is 12.0 Å². The fourth-order valence-corrected chi connectivity index (χ4v) is 8.17. The second-order valence-electron chi connectivity index (χ2n) is 17.8. The van der Waals surface area contributed by atoms with E-state index in [0.717, 1.165) is 37.2 Å². The number of carbonyl (C=O) groups excluding carboxylic acids is 4. The molecule has 1 fully saturated rings. The first-order valence-electron chi connectivity index (χ1n) is 25.4. The molecule has 0 aromatic heterocycles. The predicted octanol–water partition coefficient (Wildman–Crippen LogP) is 14.2. The standard InChI is InChI=1S/C57H75NO9/c1-3-5-7-9-11-13-15-17-19-21-43-63-49-31-25-46(26-32-49)55(60)65-51-35-23-45(24-36-51)54(59)58-41-39-53(40-42-58)67-57(62)48-29-37-52(38-30-48)66-56(61)47-27-33-50(34-28-47)64-44-22-20-18-16-14-12-10-8-6-4-2/h23-38,53H,3-22,39-44H2,1-2H3. The molecule has 0 saturated carbocycles. The highest BCUT2D eigenvalue weighted by Gasteiger charge is 2.26. The van der Waals surface area contributed by atoms with Crippen molar-refractivity contribution in [3.8, 4) is 23.0 Å². The highest BCUT2D eigenvalue weighted by molar-refractivity contribution is 5.95. The van der Waals surface area contributed by atoms with Crippen LogP contribution in [0.2, 0.25) is 0 Å². The summed E-state index contributed by atoms with van der Waals surface area (Å²) < 4.78 is 28.7. The zero-order valence-electron chi connectivity index (χ0n) is 40.3. The summed E-state index contributed by atoms with van der Waals surface area (Å²) in [6.45, 7) is 6.65. The van der Waals surface area contributed by atoms with Gasteiger partial charge in [0.1, 0.15) is 29.1 Å². The summed E-state index contributed by atoms with van der Waals surface area (Å²) in [6, 6.07) is 26.7. The van der Waals surface area contributed by atoms with Gasteiger partial charge in [-0.1, -0.05) is 129 Å². The number of piperidine rings is 1. The Hall–Kier alpha value is -5.64. The van der Waals surface area contributed by atoms with Gasteiger partial charge in [-0.15, -0.1) is 0 Å². The van der Waals surface area contributed by atoms with E-state index in [2.05, 4.69) is 13.8 Å². The number of likely N-dealkylation sites (tertiary alicyclic amines) is 1. The fourth-order valence-electron chi connectivity index (χ4n) is 8.17. The number of hydrogen-bond donors (Lipinski definition) is 0. The molecule has 0 aliphatic carbocycles. The molecule has 1 aliphatic heterocycles. The molecular weight excluding hydrogens is 843 g/mol. The van der Waals surface area contributed by atoms with E-state index < -0.39 is 17.9 Å². The minimum atomic E-state index is -0.505. The lowest BCUT2D eigenvalue weighted by Gasteiger charge is -2.31. The van der Waals surface area contributed by atoms with E-state index in [1.54, 1.807) is 102 Å². The fraction of sp³-hybridized carbons (Fsp3) is 0.509. The SMILES string of the molecule is CCCCCCCCCCCCOc1ccc(C(=O)Oc2ccc(C(=O)OC3CCN(C(=O)c4ccc(OC(=O)c5ccc(OCCCCCCCCCCCC)cc5)cc4)CC3)cc2)cc1. The largest absolute Gasteiger partial charge is 0.494 e. The monoisotopic (exact) mass is 918 g/mol. The lowest BCUT2D eigenvalue weighted by molar-refractivity contribution is 0.0120.